The molecule has 2 saturated carbocycles. The van der Waals surface area contributed by atoms with Crippen molar-refractivity contribution in [2.24, 2.45) is 5.92 Å². The zero-order valence-corrected chi connectivity index (χ0v) is 6.47. The normalized spacial score (nSPS) is 29.3. The van der Waals surface area contributed by atoms with Crippen LogP contribution in [0.3, 0.4) is 0 Å². The lowest BCUT2D eigenvalue weighted by molar-refractivity contribution is -0.114. The Kier molecular flexibility index (Phi) is 1.48. The van der Waals surface area contributed by atoms with Crippen molar-refractivity contribution in [1.29, 1.82) is 0 Å². The van der Waals surface area contributed by atoms with Crippen molar-refractivity contribution in [1.82, 2.24) is 0 Å². The molecule has 11 heavy (non-hydrogen) atoms. The molecule has 0 heterocycles. The van der Waals surface area contributed by atoms with Gasteiger partial charge >= 0.3 is 0 Å². The van der Waals surface area contributed by atoms with E-state index in [0.717, 1.165) is 31.3 Å². The molecule has 0 atom stereocenters. The predicted octanol–water partition coefficient (Wildman–Crippen LogP) is 1.96. The summed E-state index contributed by atoms with van der Waals surface area (Å²) in [6, 6.07) is 0. The average molecular weight is 152 g/mol. The molecule has 0 amide bonds. The number of aliphatic hydroxyl groups excluding tert-OH is 1. The monoisotopic (exact) mass is 152 g/mol. The summed E-state index contributed by atoms with van der Waals surface area (Å²) in [4.78, 5) is 11.1. The first-order valence-electron chi connectivity index (χ1n) is 4.24. The van der Waals surface area contributed by atoms with E-state index in [0.29, 0.717) is 18.1 Å². The van der Waals surface area contributed by atoms with Crippen molar-refractivity contribution in [3.05, 3.63) is 11.3 Å². The molecular formula is C9H12O2. The molecule has 60 valence electrons. The predicted molar refractivity (Wildman–Crippen MR) is 41.2 cm³/mol. The number of allylic oxidation sites excluding steroid dienone is 2. The van der Waals surface area contributed by atoms with Crippen molar-refractivity contribution in [3.8, 4) is 0 Å². The van der Waals surface area contributed by atoms with E-state index >= 15 is 0 Å². The van der Waals surface area contributed by atoms with Gasteiger partial charge in [-0.1, -0.05) is 0 Å². The van der Waals surface area contributed by atoms with Crippen molar-refractivity contribution in [3.63, 3.8) is 0 Å². The molecule has 2 aliphatic carbocycles. The Hall–Kier alpha value is -0.790. The number of ketones is 1. The molecule has 2 rings (SSSR count). The summed E-state index contributed by atoms with van der Waals surface area (Å²) in [5.41, 5.74) is 0.729. The van der Waals surface area contributed by atoms with Crippen molar-refractivity contribution in [2.45, 2.75) is 32.1 Å². The third-order valence-electron chi connectivity index (χ3n) is 2.44. The first-order valence-corrected chi connectivity index (χ1v) is 4.24. The second-order valence-corrected chi connectivity index (χ2v) is 3.41. The molecule has 2 fully saturated rings. The van der Waals surface area contributed by atoms with Crippen LogP contribution in [0.1, 0.15) is 32.1 Å². The third-order valence-corrected chi connectivity index (χ3v) is 2.44. The molecule has 2 heteroatoms. The minimum absolute atomic E-state index is 0.175. The molecule has 1 N–H and O–H groups in total. The number of hydrogen-bond donors (Lipinski definition) is 1. The van der Waals surface area contributed by atoms with E-state index in [1.807, 2.05) is 0 Å². The van der Waals surface area contributed by atoms with Gasteiger partial charge in [-0.2, -0.15) is 0 Å². The molecule has 0 aromatic carbocycles. The van der Waals surface area contributed by atoms with Gasteiger partial charge in [0.15, 0.2) is 5.78 Å². The SMILES string of the molecule is O=C1CCCC1=C(O)C1CC1. The molecule has 0 spiro atoms. The zero-order chi connectivity index (χ0) is 7.84. The van der Waals surface area contributed by atoms with Crippen molar-refractivity contribution < 1.29 is 9.90 Å². The Morgan fingerprint density at radius 3 is 2.55 bits per heavy atom. The molecule has 0 unspecified atom stereocenters. The van der Waals surface area contributed by atoms with Gasteiger partial charge in [-0.25, -0.2) is 0 Å². The number of aliphatic hydroxyl groups is 1. The molecule has 0 aromatic rings. The van der Waals surface area contributed by atoms with E-state index in [4.69, 9.17) is 0 Å². The number of carbonyl (C=O) groups is 1. The van der Waals surface area contributed by atoms with Gasteiger partial charge in [-0.05, 0) is 25.7 Å². The van der Waals surface area contributed by atoms with Crippen LogP contribution >= 0.6 is 0 Å². The van der Waals surface area contributed by atoms with E-state index in [1.165, 1.54) is 0 Å². The Morgan fingerprint density at radius 2 is 2.09 bits per heavy atom. The highest BCUT2D eigenvalue weighted by Gasteiger charge is 2.31. The average Bonchev–Trinajstić information content (AvgIpc) is 2.74. The molecule has 2 aliphatic rings. The Labute approximate surface area is 65.9 Å². The minimum Gasteiger partial charge on any atom is -0.512 e. The van der Waals surface area contributed by atoms with Crippen molar-refractivity contribution in [2.75, 3.05) is 0 Å². The minimum atomic E-state index is 0.175. The van der Waals surface area contributed by atoms with Crippen LogP contribution in [-0.4, -0.2) is 10.9 Å². The van der Waals surface area contributed by atoms with E-state index in [-0.39, 0.29) is 5.78 Å². The molecule has 0 bridgehead atoms. The lowest BCUT2D eigenvalue weighted by Crippen LogP contribution is -1.98. The van der Waals surface area contributed by atoms with Gasteiger partial charge in [0.25, 0.3) is 0 Å². The van der Waals surface area contributed by atoms with Crippen LogP contribution in [0.15, 0.2) is 11.3 Å². The van der Waals surface area contributed by atoms with Gasteiger partial charge in [0, 0.05) is 17.9 Å². The number of hydrogen-bond acceptors (Lipinski definition) is 2. The smallest absolute Gasteiger partial charge is 0.162 e. The second kappa shape index (κ2) is 2.36. The van der Waals surface area contributed by atoms with Crippen LogP contribution in [0, 0.1) is 5.92 Å². The fourth-order valence-corrected chi connectivity index (χ4v) is 1.59. The van der Waals surface area contributed by atoms with Gasteiger partial charge in [-0.15, -0.1) is 0 Å². The maximum Gasteiger partial charge on any atom is 0.162 e. The van der Waals surface area contributed by atoms with Gasteiger partial charge < -0.3 is 5.11 Å². The van der Waals surface area contributed by atoms with Gasteiger partial charge in [0.2, 0.25) is 0 Å². The van der Waals surface area contributed by atoms with E-state index in [9.17, 15) is 9.90 Å². The Morgan fingerprint density at radius 1 is 1.36 bits per heavy atom. The summed E-state index contributed by atoms with van der Waals surface area (Å²) in [5.74, 6) is 0.925. The van der Waals surface area contributed by atoms with E-state index in [2.05, 4.69) is 0 Å². The fraction of sp³-hybridized carbons (Fsp3) is 0.667. The Balaban J connectivity index is 2.21. The quantitative estimate of drug-likeness (QED) is 0.460. The molecule has 2 nitrogen and oxygen atoms in total. The van der Waals surface area contributed by atoms with Crippen LogP contribution < -0.4 is 0 Å². The van der Waals surface area contributed by atoms with Crippen LogP contribution in [0.5, 0.6) is 0 Å². The van der Waals surface area contributed by atoms with Crippen LogP contribution in [0.2, 0.25) is 0 Å². The highest BCUT2D eigenvalue weighted by atomic mass is 16.3. The molecular weight excluding hydrogens is 140 g/mol. The summed E-state index contributed by atoms with van der Waals surface area (Å²) in [6.07, 6.45) is 4.53. The van der Waals surface area contributed by atoms with Crippen LogP contribution in [0.25, 0.3) is 0 Å². The first-order chi connectivity index (χ1) is 5.29. The standard InChI is InChI=1S/C9H12O2/c10-8-3-1-2-7(8)9(11)6-4-5-6/h6,11H,1-5H2. The van der Waals surface area contributed by atoms with Crippen LogP contribution in [-0.2, 0) is 4.79 Å². The molecule has 0 radical (unpaired) electrons. The van der Waals surface area contributed by atoms with Gasteiger partial charge in [-0.3, -0.25) is 4.79 Å². The first kappa shape index (κ1) is 6.89. The Bertz CT molecular complexity index is 224. The van der Waals surface area contributed by atoms with Crippen molar-refractivity contribution >= 4 is 5.78 Å². The maximum atomic E-state index is 11.1. The molecule has 0 aliphatic heterocycles. The highest BCUT2D eigenvalue weighted by molar-refractivity contribution is 5.97. The maximum absolute atomic E-state index is 11.1. The largest absolute Gasteiger partial charge is 0.512 e. The summed E-state index contributed by atoms with van der Waals surface area (Å²) in [5, 5.41) is 9.52. The number of rotatable bonds is 1. The second-order valence-electron chi connectivity index (χ2n) is 3.41. The van der Waals surface area contributed by atoms with E-state index < -0.39 is 0 Å². The fourth-order valence-electron chi connectivity index (χ4n) is 1.59. The van der Waals surface area contributed by atoms with Gasteiger partial charge in [0.05, 0.1) is 0 Å². The number of Topliss-reactive ketones (excluding diaryl/α,β-unsaturated/α-hetero) is 1. The number of carbonyl (C=O) groups excluding carboxylic acids is 1. The highest BCUT2D eigenvalue weighted by Crippen LogP contribution is 2.39. The summed E-state index contributed by atoms with van der Waals surface area (Å²) in [6.45, 7) is 0. The third kappa shape index (κ3) is 1.17. The summed E-state index contributed by atoms with van der Waals surface area (Å²) >= 11 is 0. The molecule has 0 saturated heterocycles. The lowest BCUT2D eigenvalue weighted by atomic mass is 10.1. The van der Waals surface area contributed by atoms with Crippen LogP contribution in [0.4, 0.5) is 0 Å². The van der Waals surface area contributed by atoms with E-state index in [1.54, 1.807) is 0 Å². The summed E-state index contributed by atoms with van der Waals surface area (Å²) < 4.78 is 0. The topological polar surface area (TPSA) is 37.3 Å². The zero-order valence-electron chi connectivity index (χ0n) is 6.47. The summed E-state index contributed by atoms with van der Waals surface area (Å²) in [7, 11) is 0. The molecule has 0 aromatic heterocycles. The van der Waals surface area contributed by atoms with Gasteiger partial charge in [0.1, 0.15) is 5.76 Å². The lowest BCUT2D eigenvalue weighted by Gasteiger charge is -1.99.